The lowest BCUT2D eigenvalue weighted by molar-refractivity contribution is -0.141. The predicted octanol–water partition coefficient (Wildman–Crippen LogP) is 0.350. The van der Waals surface area contributed by atoms with Crippen molar-refractivity contribution in [3.8, 4) is 0 Å². The lowest BCUT2D eigenvalue weighted by Crippen LogP contribution is -2.62. The molecule has 2 aliphatic heterocycles. The van der Waals surface area contributed by atoms with E-state index in [0.717, 1.165) is 38.5 Å². The lowest BCUT2D eigenvalue weighted by atomic mass is 9.80. The van der Waals surface area contributed by atoms with Gasteiger partial charge in [-0.2, -0.15) is 0 Å². The minimum absolute atomic E-state index is 0.00611. The van der Waals surface area contributed by atoms with Crippen LogP contribution in [0.25, 0.3) is 0 Å². The van der Waals surface area contributed by atoms with Crippen LogP contribution in [0.5, 0.6) is 0 Å². The van der Waals surface area contributed by atoms with Crippen LogP contribution in [0.15, 0.2) is 0 Å². The Hall–Kier alpha value is -1.14. The standard InChI is InChI=1S/C16H28N4O2/c1-12-4-2-3-5-13(12)10-20-9-8-19(11-15(20)21)14-6-7-17-18-16(14)22/h12-14,17H,2-11H2,1H3,(H,18,22). The molecular formula is C16H28N4O2. The highest BCUT2D eigenvalue weighted by Gasteiger charge is 2.35. The van der Waals surface area contributed by atoms with Crippen LogP contribution in [0.3, 0.4) is 0 Å². The molecule has 3 unspecified atom stereocenters. The molecule has 0 bridgehead atoms. The Bertz CT molecular complexity index is 428. The van der Waals surface area contributed by atoms with Crippen molar-refractivity contribution < 1.29 is 9.59 Å². The van der Waals surface area contributed by atoms with E-state index in [1.165, 1.54) is 25.7 Å². The second-order valence-electron chi connectivity index (χ2n) is 7.05. The minimum Gasteiger partial charge on any atom is -0.340 e. The van der Waals surface area contributed by atoms with Gasteiger partial charge in [0.1, 0.15) is 0 Å². The summed E-state index contributed by atoms with van der Waals surface area (Å²) in [5, 5.41) is 0. The van der Waals surface area contributed by atoms with Crippen molar-refractivity contribution in [2.24, 2.45) is 11.8 Å². The molecule has 1 aliphatic carbocycles. The first kappa shape index (κ1) is 15.7. The van der Waals surface area contributed by atoms with Crippen molar-refractivity contribution >= 4 is 11.8 Å². The number of hydrogen-bond donors (Lipinski definition) is 2. The molecule has 22 heavy (non-hydrogen) atoms. The Morgan fingerprint density at radius 1 is 1.14 bits per heavy atom. The monoisotopic (exact) mass is 308 g/mol. The molecule has 3 aliphatic rings. The molecule has 2 N–H and O–H groups in total. The third kappa shape index (κ3) is 3.43. The fraction of sp³-hybridized carbons (Fsp3) is 0.875. The summed E-state index contributed by atoms with van der Waals surface area (Å²) in [6.45, 7) is 5.96. The quantitative estimate of drug-likeness (QED) is 0.790. The molecule has 2 amide bonds. The Morgan fingerprint density at radius 2 is 1.95 bits per heavy atom. The van der Waals surface area contributed by atoms with Gasteiger partial charge in [-0.25, -0.2) is 5.43 Å². The van der Waals surface area contributed by atoms with Crippen LogP contribution < -0.4 is 10.9 Å². The molecule has 3 fully saturated rings. The maximum atomic E-state index is 12.5. The summed E-state index contributed by atoms with van der Waals surface area (Å²) in [7, 11) is 0. The van der Waals surface area contributed by atoms with E-state index >= 15 is 0 Å². The summed E-state index contributed by atoms with van der Waals surface area (Å²) >= 11 is 0. The van der Waals surface area contributed by atoms with Crippen molar-refractivity contribution in [2.75, 3.05) is 32.7 Å². The zero-order chi connectivity index (χ0) is 15.5. The van der Waals surface area contributed by atoms with E-state index < -0.39 is 0 Å². The molecule has 6 heteroatoms. The van der Waals surface area contributed by atoms with Gasteiger partial charge in [-0.15, -0.1) is 0 Å². The van der Waals surface area contributed by atoms with Crippen molar-refractivity contribution in [3.63, 3.8) is 0 Å². The molecule has 6 nitrogen and oxygen atoms in total. The summed E-state index contributed by atoms with van der Waals surface area (Å²) in [4.78, 5) is 28.4. The van der Waals surface area contributed by atoms with Crippen molar-refractivity contribution in [1.82, 2.24) is 20.7 Å². The lowest BCUT2D eigenvalue weighted by Gasteiger charge is -2.41. The third-order valence-corrected chi connectivity index (χ3v) is 5.59. The average molecular weight is 308 g/mol. The van der Waals surface area contributed by atoms with Gasteiger partial charge >= 0.3 is 0 Å². The summed E-state index contributed by atoms with van der Waals surface area (Å²) in [6.07, 6.45) is 5.97. The number of rotatable bonds is 3. The summed E-state index contributed by atoms with van der Waals surface area (Å²) < 4.78 is 0. The van der Waals surface area contributed by atoms with Gasteiger partial charge < -0.3 is 4.90 Å². The number of hydrogen-bond acceptors (Lipinski definition) is 4. The molecule has 3 rings (SSSR count). The SMILES string of the molecule is CC1CCCCC1CN1CCN(C2CCNNC2=O)CC1=O. The van der Waals surface area contributed by atoms with Crippen LogP contribution in [0.1, 0.15) is 39.0 Å². The summed E-state index contributed by atoms with van der Waals surface area (Å²) in [6, 6.07) is -0.152. The maximum Gasteiger partial charge on any atom is 0.251 e. The number of hydrazine groups is 1. The highest BCUT2D eigenvalue weighted by molar-refractivity contribution is 5.84. The molecule has 0 aromatic rings. The predicted molar refractivity (Wildman–Crippen MR) is 83.8 cm³/mol. The van der Waals surface area contributed by atoms with E-state index in [4.69, 9.17) is 0 Å². The first-order valence-corrected chi connectivity index (χ1v) is 8.69. The fourth-order valence-corrected chi connectivity index (χ4v) is 4.05. The van der Waals surface area contributed by atoms with Crippen LogP contribution in [-0.4, -0.2) is 60.4 Å². The molecule has 2 heterocycles. The molecule has 2 saturated heterocycles. The second kappa shape index (κ2) is 6.96. The number of nitrogens with zero attached hydrogens (tertiary/aromatic N) is 2. The second-order valence-corrected chi connectivity index (χ2v) is 7.05. The third-order valence-electron chi connectivity index (χ3n) is 5.59. The van der Waals surface area contributed by atoms with Gasteiger partial charge in [0.25, 0.3) is 5.91 Å². The van der Waals surface area contributed by atoms with Gasteiger partial charge in [0.2, 0.25) is 5.91 Å². The van der Waals surface area contributed by atoms with Crippen LogP contribution in [0.4, 0.5) is 0 Å². The average Bonchev–Trinajstić information content (AvgIpc) is 2.52. The molecule has 0 aromatic carbocycles. The first-order valence-electron chi connectivity index (χ1n) is 8.69. The topological polar surface area (TPSA) is 64.7 Å². The molecule has 124 valence electrons. The summed E-state index contributed by atoms with van der Waals surface area (Å²) in [5.74, 6) is 1.57. The van der Waals surface area contributed by atoms with Gasteiger partial charge in [0.05, 0.1) is 12.6 Å². The van der Waals surface area contributed by atoms with Crippen molar-refractivity contribution in [1.29, 1.82) is 0 Å². The first-order chi connectivity index (χ1) is 10.6. The van der Waals surface area contributed by atoms with Crippen LogP contribution in [0.2, 0.25) is 0 Å². The molecule has 3 atom stereocenters. The van der Waals surface area contributed by atoms with E-state index in [2.05, 4.69) is 17.8 Å². The van der Waals surface area contributed by atoms with E-state index in [1.54, 1.807) is 0 Å². The van der Waals surface area contributed by atoms with Gasteiger partial charge in [0.15, 0.2) is 0 Å². The Morgan fingerprint density at radius 3 is 2.68 bits per heavy atom. The minimum atomic E-state index is -0.152. The Labute approximate surface area is 132 Å². The van der Waals surface area contributed by atoms with E-state index in [-0.39, 0.29) is 17.9 Å². The van der Waals surface area contributed by atoms with Crippen LogP contribution in [0, 0.1) is 11.8 Å². The van der Waals surface area contributed by atoms with Crippen LogP contribution >= 0.6 is 0 Å². The van der Waals surface area contributed by atoms with E-state index in [0.29, 0.717) is 12.5 Å². The highest BCUT2D eigenvalue weighted by Crippen LogP contribution is 2.30. The van der Waals surface area contributed by atoms with Gasteiger partial charge in [-0.3, -0.25) is 19.9 Å². The number of amides is 2. The zero-order valence-electron chi connectivity index (χ0n) is 13.5. The van der Waals surface area contributed by atoms with Gasteiger partial charge in [-0.05, 0) is 24.7 Å². The normalized spacial score (nSPS) is 34.6. The van der Waals surface area contributed by atoms with Gasteiger partial charge in [-0.1, -0.05) is 26.2 Å². The molecule has 0 spiro atoms. The van der Waals surface area contributed by atoms with Crippen LogP contribution in [-0.2, 0) is 9.59 Å². The Balaban J connectivity index is 1.53. The number of carbonyl (C=O) groups excluding carboxylic acids is 2. The molecule has 1 saturated carbocycles. The Kier molecular flexibility index (Phi) is 4.98. The zero-order valence-corrected chi connectivity index (χ0v) is 13.5. The molecule has 0 aromatic heterocycles. The largest absolute Gasteiger partial charge is 0.340 e. The fourth-order valence-electron chi connectivity index (χ4n) is 4.05. The number of nitrogens with one attached hydrogen (secondary N) is 2. The van der Waals surface area contributed by atoms with E-state index in [9.17, 15) is 9.59 Å². The van der Waals surface area contributed by atoms with Crippen molar-refractivity contribution in [3.05, 3.63) is 0 Å². The number of piperazine rings is 1. The highest BCUT2D eigenvalue weighted by atomic mass is 16.2. The number of carbonyl (C=O) groups is 2. The van der Waals surface area contributed by atoms with Gasteiger partial charge in [0, 0.05) is 26.2 Å². The van der Waals surface area contributed by atoms with Crippen molar-refractivity contribution in [2.45, 2.75) is 45.1 Å². The summed E-state index contributed by atoms with van der Waals surface area (Å²) in [5.41, 5.74) is 5.53. The smallest absolute Gasteiger partial charge is 0.251 e. The van der Waals surface area contributed by atoms with E-state index in [1.807, 2.05) is 9.80 Å². The maximum absolute atomic E-state index is 12.5. The molecular weight excluding hydrogens is 280 g/mol. The molecule has 0 radical (unpaired) electrons.